The molecule has 0 aliphatic rings. The van der Waals surface area contributed by atoms with Crippen molar-refractivity contribution in [2.75, 3.05) is 0 Å². The van der Waals surface area contributed by atoms with Crippen LogP contribution in [0.25, 0.3) is 12.2 Å². The lowest BCUT2D eigenvalue weighted by atomic mass is 9.94. The summed E-state index contributed by atoms with van der Waals surface area (Å²) < 4.78 is 0. The van der Waals surface area contributed by atoms with Crippen molar-refractivity contribution in [1.82, 2.24) is 4.90 Å². The third-order valence-corrected chi connectivity index (χ3v) is 5.55. The number of unbranched alkanes of at least 4 members (excludes halogenated alkanes) is 6. The van der Waals surface area contributed by atoms with Gasteiger partial charge in [0.15, 0.2) is 0 Å². The summed E-state index contributed by atoms with van der Waals surface area (Å²) in [6.45, 7) is 6.99. The summed E-state index contributed by atoms with van der Waals surface area (Å²) in [7, 11) is 0. The molecule has 0 saturated carbocycles. The second-order valence-corrected chi connectivity index (χ2v) is 8.54. The molecular formula is C28H39N. The van der Waals surface area contributed by atoms with Gasteiger partial charge in [0.1, 0.15) is 0 Å². The van der Waals surface area contributed by atoms with Gasteiger partial charge in [0.25, 0.3) is 0 Å². The summed E-state index contributed by atoms with van der Waals surface area (Å²) in [5, 5.41) is 0. The van der Waals surface area contributed by atoms with Crippen LogP contribution in [0, 0.1) is 0 Å². The Labute approximate surface area is 179 Å². The van der Waals surface area contributed by atoms with E-state index in [1.807, 2.05) is 0 Å². The Morgan fingerprint density at radius 1 is 0.655 bits per heavy atom. The molecule has 0 N–H and O–H groups in total. The predicted octanol–water partition coefficient (Wildman–Crippen LogP) is 8.55. The highest BCUT2D eigenvalue weighted by atomic mass is 15.2. The van der Waals surface area contributed by atoms with Gasteiger partial charge in [-0.15, -0.1) is 0 Å². The molecule has 0 radical (unpaired) electrons. The second kappa shape index (κ2) is 13.0. The van der Waals surface area contributed by atoms with E-state index in [-0.39, 0.29) is 5.54 Å². The highest BCUT2D eigenvalue weighted by molar-refractivity contribution is 5.51. The van der Waals surface area contributed by atoms with Crippen LogP contribution in [-0.2, 0) is 0 Å². The number of hydrogen-bond acceptors (Lipinski definition) is 1. The lowest BCUT2D eigenvalue weighted by molar-refractivity contribution is 0.231. The van der Waals surface area contributed by atoms with E-state index in [1.54, 1.807) is 0 Å². The first-order valence-corrected chi connectivity index (χ1v) is 11.4. The van der Waals surface area contributed by atoms with Crippen molar-refractivity contribution in [1.29, 1.82) is 0 Å². The molecule has 0 amide bonds. The Balaban J connectivity index is 2.00. The van der Waals surface area contributed by atoms with Crippen LogP contribution in [0.4, 0.5) is 0 Å². The van der Waals surface area contributed by atoms with E-state index in [2.05, 4.69) is 111 Å². The van der Waals surface area contributed by atoms with Gasteiger partial charge in [-0.2, -0.15) is 0 Å². The lowest BCUT2D eigenvalue weighted by Crippen LogP contribution is -2.36. The topological polar surface area (TPSA) is 3.24 Å². The van der Waals surface area contributed by atoms with Gasteiger partial charge < -0.3 is 4.90 Å². The second-order valence-electron chi connectivity index (χ2n) is 8.54. The quantitative estimate of drug-likeness (QED) is 0.310. The zero-order chi connectivity index (χ0) is 20.8. The molecule has 0 fully saturated rings. The van der Waals surface area contributed by atoms with Gasteiger partial charge in [0.05, 0.1) is 0 Å². The molecule has 29 heavy (non-hydrogen) atoms. The van der Waals surface area contributed by atoms with Crippen molar-refractivity contribution in [2.24, 2.45) is 0 Å². The van der Waals surface area contributed by atoms with E-state index in [0.29, 0.717) is 0 Å². The van der Waals surface area contributed by atoms with E-state index in [4.69, 9.17) is 0 Å². The summed E-state index contributed by atoms with van der Waals surface area (Å²) in [6, 6.07) is 21.1. The minimum Gasteiger partial charge on any atom is -0.349 e. The van der Waals surface area contributed by atoms with Crippen LogP contribution in [0.3, 0.4) is 0 Å². The average molecular weight is 390 g/mol. The van der Waals surface area contributed by atoms with Crippen molar-refractivity contribution in [3.8, 4) is 0 Å². The Bertz CT molecular complexity index is 663. The molecule has 0 heterocycles. The number of hydrogen-bond donors (Lipinski definition) is 0. The molecule has 0 aromatic heterocycles. The highest BCUT2D eigenvalue weighted by Crippen LogP contribution is 2.25. The van der Waals surface area contributed by atoms with Crippen LogP contribution in [0.15, 0.2) is 73.1 Å². The fraction of sp³-hybridized carbons (Fsp3) is 0.429. The summed E-state index contributed by atoms with van der Waals surface area (Å²) in [4.78, 5) is 2.38. The fourth-order valence-electron chi connectivity index (χ4n) is 3.56. The molecule has 0 saturated heterocycles. The molecule has 0 unspecified atom stereocenters. The first-order chi connectivity index (χ1) is 14.1. The Morgan fingerprint density at radius 3 is 1.59 bits per heavy atom. The van der Waals surface area contributed by atoms with Crippen LogP contribution in [-0.4, -0.2) is 10.4 Å². The minimum atomic E-state index is 0.0833. The molecule has 1 nitrogen and oxygen atoms in total. The molecule has 1 heteroatoms. The Morgan fingerprint density at radius 2 is 1.10 bits per heavy atom. The molecule has 2 aromatic rings. The van der Waals surface area contributed by atoms with E-state index in [0.717, 1.165) is 0 Å². The lowest BCUT2D eigenvalue weighted by Gasteiger charge is -2.36. The number of benzene rings is 2. The molecule has 2 aromatic carbocycles. The van der Waals surface area contributed by atoms with Crippen molar-refractivity contribution in [3.63, 3.8) is 0 Å². The maximum Gasteiger partial charge on any atom is 0.0383 e. The summed E-state index contributed by atoms with van der Waals surface area (Å²) in [5.41, 5.74) is 2.55. The average Bonchev–Trinajstić information content (AvgIpc) is 2.74. The third kappa shape index (κ3) is 9.17. The van der Waals surface area contributed by atoms with Crippen LogP contribution in [0.2, 0.25) is 0 Å². The molecular weight excluding hydrogens is 350 g/mol. The number of rotatable bonds is 13. The summed E-state index contributed by atoms with van der Waals surface area (Å²) in [6.07, 6.45) is 19.6. The molecule has 2 rings (SSSR count). The summed E-state index contributed by atoms with van der Waals surface area (Å²) >= 11 is 0. The molecule has 0 bridgehead atoms. The minimum absolute atomic E-state index is 0.0833. The van der Waals surface area contributed by atoms with E-state index >= 15 is 0 Å². The van der Waals surface area contributed by atoms with Gasteiger partial charge in [0, 0.05) is 17.9 Å². The van der Waals surface area contributed by atoms with E-state index in [1.165, 1.54) is 62.5 Å². The maximum absolute atomic E-state index is 2.38. The van der Waals surface area contributed by atoms with Crippen LogP contribution in [0.5, 0.6) is 0 Å². The van der Waals surface area contributed by atoms with Gasteiger partial charge in [-0.3, -0.25) is 0 Å². The van der Waals surface area contributed by atoms with Crippen molar-refractivity contribution in [3.05, 3.63) is 84.2 Å². The first kappa shape index (κ1) is 23.0. The maximum atomic E-state index is 2.38. The van der Waals surface area contributed by atoms with Crippen molar-refractivity contribution in [2.45, 2.75) is 77.7 Å². The third-order valence-electron chi connectivity index (χ3n) is 5.55. The fourth-order valence-corrected chi connectivity index (χ4v) is 3.56. The molecule has 0 spiro atoms. The smallest absolute Gasteiger partial charge is 0.0383 e. The molecule has 0 aliphatic heterocycles. The Kier molecular flexibility index (Phi) is 10.3. The van der Waals surface area contributed by atoms with Gasteiger partial charge in [-0.1, -0.05) is 113 Å². The summed E-state index contributed by atoms with van der Waals surface area (Å²) in [5.74, 6) is 0. The normalized spacial score (nSPS) is 12.1. The molecule has 156 valence electrons. The van der Waals surface area contributed by atoms with Gasteiger partial charge in [-0.25, -0.2) is 0 Å². The van der Waals surface area contributed by atoms with Gasteiger partial charge in [-0.05, 0) is 43.5 Å². The van der Waals surface area contributed by atoms with Gasteiger partial charge in [0.2, 0.25) is 0 Å². The zero-order valence-electron chi connectivity index (χ0n) is 18.7. The zero-order valence-corrected chi connectivity index (χ0v) is 18.7. The largest absolute Gasteiger partial charge is 0.349 e. The predicted molar refractivity (Wildman–Crippen MR) is 129 cm³/mol. The molecule has 0 atom stereocenters. The highest BCUT2D eigenvalue weighted by Gasteiger charge is 2.22. The van der Waals surface area contributed by atoms with Crippen molar-refractivity contribution >= 4 is 12.2 Å². The van der Waals surface area contributed by atoms with E-state index in [9.17, 15) is 0 Å². The van der Waals surface area contributed by atoms with Gasteiger partial charge >= 0.3 is 0 Å². The van der Waals surface area contributed by atoms with E-state index < -0.39 is 0 Å². The van der Waals surface area contributed by atoms with Crippen LogP contribution in [0.1, 0.15) is 83.3 Å². The molecule has 0 aliphatic carbocycles. The monoisotopic (exact) mass is 389 g/mol. The van der Waals surface area contributed by atoms with Crippen LogP contribution >= 0.6 is 0 Å². The number of nitrogens with zero attached hydrogens (tertiary/aromatic N) is 1. The van der Waals surface area contributed by atoms with Crippen LogP contribution < -0.4 is 0 Å². The van der Waals surface area contributed by atoms with Crippen molar-refractivity contribution < 1.29 is 0 Å². The first-order valence-electron chi connectivity index (χ1n) is 11.4. The standard InChI is InChI=1S/C28H39N/c1-4-5-6-7-8-9-16-23-28(2,3)29(24-21-26-17-12-10-13-18-26)25-22-27-19-14-11-15-20-27/h10-15,17-22,24-25H,4-9,16,23H2,1-3H3/b24-21+,25-22+. The Hall–Kier alpha value is -2.28. The SMILES string of the molecule is CCCCCCCCCC(C)(C)N(/C=C/c1ccccc1)/C=C/c1ccccc1.